The highest BCUT2D eigenvalue weighted by atomic mass is 16.6. The second-order valence-electron chi connectivity index (χ2n) is 4.09. The molecule has 1 unspecified atom stereocenters. The van der Waals surface area contributed by atoms with Crippen LogP contribution in [0.5, 0.6) is 0 Å². The zero-order valence-corrected chi connectivity index (χ0v) is 8.65. The Morgan fingerprint density at radius 1 is 1.50 bits per heavy atom. The minimum Gasteiger partial charge on any atom is -0.445 e. The third-order valence-electron chi connectivity index (χ3n) is 1.75. The Morgan fingerprint density at radius 3 is 2.29 bits per heavy atom. The molecule has 0 aromatic heterocycles. The van der Waals surface area contributed by atoms with Gasteiger partial charge in [0.1, 0.15) is 11.9 Å². The van der Waals surface area contributed by atoms with E-state index in [9.17, 15) is 4.79 Å². The average molecular weight is 203 g/mol. The first-order valence-corrected chi connectivity index (χ1v) is 4.20. The van der Waals surface area contributed by atoms with E-state index in [4.69, 9.17) is 21.4 Å². The van der Waals surface area contributed by atoms with Crippen LogP contribution >= 0.6 is 0 Å². The zero-order chi connectivity index (χ0) is 11.4. The molecule has 82 valence electrons. The summed E-state index contributed by atoms with van der Waals surface area (Å²) < 4.78 is 4.85. The molecule has 6 nitrogen and oxygen atoms in total. The summed E-state index contributed by atoms with van der Waals surface area (Å²) in [4.78, 5) is 10.6. The third-order valence-corrected chi connectivity index (χ3v) is 1.75. The number of nitrogens with zero attached hydrogens (tertiary/aromatic N) is 1. The first-order valence-electron chi connectivity index (χ1n) is 4.20. The van der Waals surface area contributed by atoms with Crippen molar-refractivity contribution in [2.75, 3.05) is 0 Å². The largest absolute Gasteiger partial charge is 0.445 e. The van der Waals surface area contributed by atoms with E-state index in [-0.39, 0.29) is 17.7 Å². The van der Waals surface area contributed by atoms with Crippen molar-refractivity contribution in [3.63, 3.8) is 0 Å². The van der Waals surface area contributed by atoms with Crippen molar-refractivity contribution >= 4 is 11.9 Å². The van der Waals surface area contributed by atoms with Gasteiger partial charge in [0.25, 0.3) is 0 Å². The summed E-state index contributed by atoms with van der Waals surface area (Å²) in [6.45, 7) is 5.60. The molecule has 1 amide bonds. The molecule has 0 aliphatic heterocycles. The van der Waals surface area contributed by atoms with Crippen LogP contribution < -0.4 is 11.5 Å². The van der Waals surface area contributed by atoms with Gasteiger partial charge in [-0.3, -0.25) is 0 Å². The van der Waals surface area contributed by atoms with Gasteiger partial charge < -0.3 is 21.4 Å². The molecular weight excluding hydrogens is 186 g/mol. The topological polar surface area (TPSA) is 111 Å². The molecule has 0 aliphatic rings. The molecule has 14 heavy (non-hydrogen) atoms. The SMILES string of the molecule is CC(C)(C)C(CC(N)=NO)OC(N)=O. The number of oxime groups is 1. The third kappa shape index (κ3) is 4.54. The van der Waals surface area contributed by atoms with E-state index in [0.29, 0.717) is 0 Å². The van der Waals surface area contributed by atoms with E-state index >= 15 is 0 Å². The second kappa shape index (κ2) is 4.69. The Balaban J connectivity index is 4.49. The first kappa shape index (κ1) is 12.5. The standard InChI is InChI=1S/C8H17N3O3/c1-8(2,3)5(14-7(10)12)4-6(9)11-13/h5,13H,4H2,1-3H3,(H2,9,11)(H2,10,12). The number of amides is 1. The average Bonchev–Trinajstić information content (AvgIpc) is 2.00. The molecule has 0 bridgehead atoms. The Hall–Kier alpha value is -1.46. The lowest BCUT2D eigenvalue weighted by Crippen LogP contribution is -2.37. The number of ether oxygens (including phenoxy) is 1. The van der Waals surface area contributed by atoms with Gasteiger partial charge in [-0.05, 0) is 5.41 Å². The van der Waals surface area contributed by atoms with Gasteiger partial charge in [-0.15, -0.1) is 0 Å². The van der Waals surface area contributed by atoms with Gasteiger partial charge >= 0.3 is 6.09 Å². The van der Waals surface area contributed by atoms with Crippen LogP contribution in [0.1, 0.15) is 27.2 Å². The number of rotatable bonds is 3. The molecule has 0 radical (unpaired) electrons. The molecule has 0 aliphatic carbocycles. The summed E-state index contributed by atoms with van der Waals surface area (Å²) in [5.41, 5.74) is 9.90. The van der Waals surface area contributed by atoms with Crippen LogP contribution in [0.25, 0.3) is 0 Å². The zero-order valence-electron chi connectivity index (χ0n) is 8.65. The molecule has 5 N–H and O–H groups in total. The normalized spacial score (nSPS) is 14.9. The van der Waals surface area contributed by atoms with Crippen molar-refractivity contribution in [1.82, 2.24) is 0 Å². The molecule has 0 aromatic carbocycles. The fourth-order valence-corrected chi connectivity index (χ4v) is 0.896. The highest BCUT2D eigenvalue weighted by Crippen LogP contribution is 2.24. The summed E-state index contributed by atoms with van der Waals surface area (Å²) in [7, 11) is 0. The maximum Gasteiger partial charge on any atom is 0.404 e. The number of nitrogens with two attached hydrogens (primary N) is 2. The highest BCUT2D eigenvalue weighted by Gasteiger charge is 2.28. The van der Waals surface area contributed by atoms with Gasteiger partial charge in [0.2, 0.25) is 0 Å². The van der Waals surface area contributed by atoms with Crippen LogP contribution in [0.3, 0.4) is 0 Å². The van der Waals surface area contributed by atoms with Crippen molar-refractivity contribution in [2.24, 2.45) is 22.0 Å². The Labute approximate surface area is 82.9 Å². The second-order valence-corrected chi connectivity index (χ2v) is 4.09. The van der Waals surface area contributed by atoms with Crippen molar-refractivity contribution < 1.29 is 14.7 Å². The van der Waals surface area contributed by atoms with Crippen LogP contribution in [-0.4, -0.2) is 23.2 Å². The molecule has 6 heteroatoms. The summed E-state index contributed by atoms with van der Waals surface area (Å²) in [5.74, 6) is 0.00572. The smallest absolute Gasteiger partial charge is 0.404 e. The first-order chi connectivity index (χ1) is 6.27. The number of carbonyl (C=O) groups is 1. The van der Waals surface area contributed by atoms with Crippen LogP contribution in [0.2, 0.25) is 0 Å². The van der Waals surface area contributed by atoms with Crippen LogP contribution in [0.15, 0.2) is 5.16 Å². The molecule has 0 saturated carbocycles. The van der Waals surface area contributed by atoms with E-state index in [1.807, 2.05) is 20.8 Å². The fourth-order valence-electron chi connectivity index (χ4n) is 0.896. The van der Waals surface area contributed by atoms with Crippen LogP contribution in [0.4, 0.5) is 4.79 Å². The molecule has 0 saturated heterocycles. The molecule has 0 aromatic rings. The quantitative estimate of drug-likeness (QED) is 0.270. The summed E-state index contributed by atoms with van der Waals surface area (Å²) in [6.07, 6.45) is -1.21. The van der Waals surface area contributed by atoms with Crippen molar-refractivity contribution in [3.8, 4) is 0 Å². The number of amidine groups is 1. The van der Waals surface area contributed by atoms with E-state index in [1.54, 1.807) is 0 Å². The summed E-state index contributed by atoms with van der Waals surface area (Å²) in [6, 6.07) is 0. The minimum absolute atomic E-state index is 0.00572. The Morgan fingerprint density at radius 2 is 2.00 bits per heavy atom. The van der Waals surface area contributed by atoms with E-state index in [1.165, 1.54) is 0 Å². The number of hydrogen-bond acceptors (Lipinski definition) is 4. The predicted octanol–water partition coefficient (Wildman–Crippen LogP) is 0.633. The van der Waals surface area contributed by atoms with Gasteiger partial charge in [-0.2, -0.15) is 0 Å². The highest BCUT2D eigenvalue weighted by molar-refractivity contribution is 5.80. The lowest BCUT2D eigenvalue weighted by Gasteiger charge is -2.29. The maximum absolute atomic E-state index is 10.6. The Bertz CT molecular complexity index is 232. The molecule has 1 atom stereocenters. The van der Waals surface area contributed by atoms with E-state index in [0.717, 1.165) is 0 Å². The van der Waals surface area contributed by atoms with Gasteiger partial charge in [0, 0.05) is 6.42 Å². The van der Waals surface area contributed by atoms with E-state index < -0.39 is 12.2 Å². The van der Waals surface area contributed by atoms with Crippen LogP contribution in [-0.2, 0) is 4.74 Å². The molecular formula is C8H17N3O3. The van der Waals surface area contributed by atoms with Crippen molar-refractivity contribution in [3.05, 3.63) is 0 Å². The fraction of sp³-hybridized carbons (Fsp3) is 0.750. The van der Waals surface area contributed by atoms with Crippen molar-refractivity contribution in [2.45, 2.75) is 33.3 Å². The molecule has 0 fully saturated rings. The number of carbonyl (C=O) groups excluding carboxylic acids is 1. The van der Waals surface area contributed by atoms with Gasteiger partial charge in [0.15, 0.2) is 0 Å². The Kier molecular flexibility index (Phi) is 4.20. The number of primary amides is 1. The summed E-state index contributed by atoms with van der Waals surface area (Å²) in [5, 5.41) is 11.2. The monoisotopic (exact) mass is 203 g/mol. The molecule has 0 rings (SSSR count). The molecule has 0 heterocycles. The van der Waals surface area contributed by atoms with Gasteiger partial charge in [-0.1, -0.05) is 25.9 Å². The molecule has 0 spiro atoms. The predicted molar refractivity (Wildman–Crippen MR) is 51.9 cm³/mol. The van der Waals surface area contributed by atoms with Gasteiger partial charge in [-0.25, -0.2) is 4.79 Å². The van der Waals surface area contributed by atoms with Crippen molar-refractivity contribution in [1.29, 1.82) is 0 Å². The number of hydrogen-bond donors (Lipinski definition) is 3. The van der Waals surface area contributed by atoms with Crippen LogP contribution in [0, 0.1) is 5.41 Å². The summed E-state index contributed by atoms with van der Waals surface area (Å²) >= 11 is 0. The lowest BCUT2D eigenvalue weighted by atomic mass is 9.87. The maximum atomic E-state index is 10.6. The van der Waals surface area contributed by atoms with E-state index in [2.05, 4.69) is 5.16 Å². The lowest BCUT2D eigenvalue weighted by molar-refractivity contribution is 0.0414. The minimum atomic E-state index is -0.865. The van der Waals surface area contributed by atoms with Gasteiger partial charge in [0.05, 0.1) is 0 Å².